The van der Waals surface area contributed by atoms with E-state index in [4.69, 9.17) is 0 Å². The molecule has 36 heavy (non-hydrogen) atoms. The molecule has 3 aromatic heterocycles. The zero-order valence-electron chi connectivity index (χ0n) is 19.3. The summed E-state index contributed by atoms with van der Waals surface area (Å²) in [6.45, 7) is 1.99. The quantitative estimate of drug-likeness (QED) is 0.339. The standard InChI is InChI=1S/C26H20N6O4/c1-14-7-9-15(10-8-14)21-13-18(16-5-3-4-6-19(16)27-21)24(34)30-31-25(35)20-12-11-17-22(28-20)32(2)26(36)29-23(17)33/h3-13H,1-2H3,(H,30,34)(H,31,35)(H,29,33,36). The van der Waals surface area contributed by atoms with Gasteiger partial charge < -0.3 is 0 Å². The monoisotopic (exact) mass is 480 g/mol. The van der Waals surface area contributed by atoms with E-state index < -0.39 is 23.1 Å². The Morgan fingerprint density at radius 2 is 1.58 bits per heavy atom. The highest BCUT2D eigenvalue weighted by Crippen LogP contribution is 2.25. The number of hydrazine groups is 1. The number of para-hydroxylation sites is 1. The number of aromatic amines is 1. The molecule has 0 fully saturated rings. The molecular formula is C26H20N6O4. The van der Waals surface area contributed by atoms with E-state index in [1.807, 2.05) is 43.3 Å². The van der Waals surface area contributed by atoms with E-state index in [1.165, 1.54) is 19.2 Å². The van der Waals surface area contributed by atoms with Crippen molar-refractivity contribution in [1.29, 1.82) is 0 Å². The minimum atomic E-state index is -0.713. The fraction of sp³-hybridized carbons (Fsp3) is 0.0769. The lowest BCUT2D eigenvalue weighted by molar-refractivity contribution is 0.0845. The molecule has 10 nitrogen and oxygen atoms in total. The van der Waals surface area contributed by atoms with E-state index in [1.54, 1.807) is 18.2 Å². The van der Waals surface area contributed by atoms with E-state index in [-0.39, 0.29) is 16.7 Å². The van der Waals surface area contributed by atoms with E-state index in [2.05, 4.69) is 25.8 Å². The van der Waals surface area contributed by atoms with Crippen LogP contribution in [0.3, 0.4) is 0 Å². The topological polar surface area (TPSA) is 139 Å². The first-order chi connectivity index (χ1) is 17.3. The van der Waals surface area contributed by atoms with Crippen LogP contribution in [0.15, 0.2) is 76.3 Å². The van der Waals surface area contributed by atoms with Crippen molar-refractivity contribution in [3.63, 3.8) is 0 Å². The van der Waals surface area contributed by atoms with Crippen molar-refractivity contribution >= 4 is 33.8 Å². The van der Waals surface area contributed by atoms with Gasteiger partial charge in [-0.05, 0) is 31.2 Å². The molecule has 5 aromatic rings. The van der Waals surface area contributed by atoms with Crippen molar-refractivity contribution in [2.75, 3.05) is 0 Å². The van der Waals surface area contributed by atoms with Gasteiger partial charge >= 0.3 is 5.69 Å². The number of nitrogens with one attached hydrogen (secondary N) is 3. The fourth-order valence-electron chi connectivity index (χ4n) is 3.83. The number of aryl methyl sites for hydroxylation is 2. The zero-order valence-corrected chi connectivity index (χ0v) is 19.3. The molecule has 0 unspecified atom stereocenters. The largest absolute Gasteiger partial charge is 0.329 e. The maximum absolute atomic E-state index is 13.1. The minimum absolute atomic E-state index is 0.0468. The summed E-state index contributed by atoms with van der Waals surface area (Å²) in [5, 5.41) is 0.780. The molecule has 3 N–H and O–H groups in total. The van der Waals surface area contributed by atoms with Crippen LogP contribution in [-0.2, 0) is 7.05 Å². The van der Waals surface area contributed by atoms with Gasteiger partial charge in [-0.3, -0.25) is 34.8 Å². The number of carbonyl (C=O) groups excluding carboxylic acids is 2. The van der Waals surface area contributed by atoms with Crippen LogP contribution in [0.2, 0.25) is 0 Å². The second-order valence-corrected chi connectivity index (χ2v) is 8.23. The van der Waals surface area contributed by atoms with Gasteiger partial charge in [0.15, 0.2) is 0 Å². The number of hydrogen-bond acceptors (Lipinski definition) is 6. The predicted octanol–water partition coefficient (Wildman–Crippen LogP) is 2.22. The molecule has 0 bridgehead atoms. The van der Waals surface area contributed by atoms with Crippen LogP contribution in [0.25, 0.3) is 33.2 Å². The lowest BCUT2D eigenvalue weighted by Gasteiger charge is -2.12. The molecule has 0 saturated carbocycles. The van der Waals surface area contributed by atoms with Gasteiger partial charge in [-0.2, -0.15) is 0 Å². The minimum Gasteiger partial charge on any atom is -0.281 e. The summed E-state index contributed by atoms with van der Waals surface area (Å²) >= 11 is 0. The molecule has 2 amide bonds. The summed E-state index contributed by atoms with van der Waals surface area (Å²) in [5.74, 6) is -1.25. The molecule has 0 spiro atoms. The second-order valence-electron chi connectivity index (χ2n) is 8.23. The van der Waals surface area contributed by atoms with Gasteiger partial charge in [-0.1, -0.05) is 48.0 Å². The van der Waals surface area contributed by atoms with Crippen LogP contribution in [0.5, 0.6) is 0 Å². The molecule has 0 atom stereocenters. The van der Waals surface area contributed by atoms with Gasteiger partial charge in [-0.25, -0.2) is 14.8 Å². The molecule has 10 heteroatoms. The Morgan fingerprint density at radius 3 is 2.36 bits per heavy atom. The number of fused-ring (bicyclic) bond motifs is 2. The van der Waals surface area contributed by atoms with Gasteiger partial charge in [0.05, 0.1) is 22.2 Å². The Morgan fingerprint density at radius 1 is 0.861 bits per heavy atom. The maximum Gasteiger partial charge on any atom is 0.329 e. The average molecular weight is 480 g/mol. The van der Waals surface area contributed by atoms with Crippen LogP contribution in [0, 0.1) is 6.92 Å². The third-order valence-corrected chi connectivity index (χ3v) is 5.79. The molecule has 5 rings (SSSR count). The third-order valence-electron chi connectivity index (χ3n) is 5.79. The van der Waals surface area contributed by atoms with Crippen LogP contribution in [0.1, 0.15) is 26.4 Å². The second kappa shape index (κ2) is 8.91. The van der Waals surface area contributed by atoms with E-state index in [0.29, 0.717) is 22.2 Å². The SMILES string of the molecule is Cc1ccc(-c2cc(C(=O)NNC(=O)c3ccc4c(=O)[nH]c(=O)n(C)c4n3)c3ccccc3n2)cc1. The highest BCUT2D eigenvalue weighted by molar-refractivity contribution is 6.08. The van der Waals surface area contributed by atoms with Gasteiger partial charge in [0.1, 0.15) is 11.3 Å². The highest BCUT2D eigenvalue weighted by atomic mass is 16.2. The van der Waals surface area contributed by atoms with Crippen LogP contribution in [-0.4, -0.2) is 31.3 Å². The number of aromatic nitrogens is 4. The number of carbonyl (C=O) groups is 2. The number of rotatable bonds is 3. The number of benzene rings is 2. The molecule has 3 heterocycles. The number of nitrogens with zero attached hydrogens (tertiary/aromatic N) is 3. The Labute approximate surface area is 203 Å². The smallest absolute Gasteiger partial charge is 0.281 e. The van der Waals surface area contributed by atoms with Crippen LogP contribution >= 0.6 is 0 Å². The zero-order chi connectivity index (χ0) is 25.4. The molecule has 178 valence electrons. The van der Waals surface area contributed by atoms with Crippen molar-refractivity contribution < 1.29 is 9.59 Å². The normalized spacial score (nSPS) is 10.9. The first-order valence-electron chi connectivity index (χ1n) is 11.0. The Hall–Kier alpha value is -5.12. The first-order valence-corrected chi connectivity index (χ1v) is 11.0. The molecule has 2 aromatic carbocycles. The first kappa shape index (κ1) is 22.7. The predicted molar refractivity (Wildman–Crippen MR) is 134 cm³/mol. The molecule has 0 saturated heterocycles. The van der Waals surface area contributed by atoms with Crippen molar-refractivity contribution in [2.24, 2.45) is 7.05 Å². The van der Waals surface area contributed by atoms with Crippen molar-refractivity contribution in [3.8, 4) is 11.3 Å². The van der Waals surface area contributed by atoms with Gasteiger partial charge in [0.2, 0.25) is 0 Å². The summed E-state index contributed by atoms with van der Waals surface area (Å²) in [5.41, 5.74) is 7.02. The molecule has 0 aliphatic carbocycles. The average Bonchev–Trinajstić information content (AvgIpc) is 2.89. The van der Waals surface area contributed by atoms with Crippen molar-refractivity contribution in [3.05, 3.63) is 104 Å². The number of pyridine rings is 2. The van der Waals surface area contributed by atoms with E-state index in [9.17, 15) is 19.2 Å². The number of hydrogen-bond donors (Lipinski definition) is 3. The van der Waals surface area contributed by atoms with Gasteiger partial charge in [-0.15, -0.1) is 0 Å². The number of amides is 2. The van der Waals surface area contributed by atoms with E-state index >= 15 is 0 Å². The maximum atomic E-state index is 13.1. The fourth-order valence-corrected chi connectivity index (χ4v) is 3.83. The van der Waals surface area contributed by atoms with Gasteiger partial charge in [0.25, 0.3) is 17.4 Å². The lowest BCUT2D eigenvalue weighted by atomic mass is 10.0. The summed E-state index contributed by atoms with van der Waals surface area (Å²) in [7, 11) is 1.43. The van der Waals surface area contributed by atoms with Crippen molar-refractivity contribution in [2.45, 2.75) is 6.92 Å². The molecular weight excluding hydrogens is 460 g/mol. The molecule has 0 aliphatic heterocycles. The summed E-state index contributed by atoms with van der Waals surface area (Å²) < 4.78 is 1.13. The van der Waals surface area contributed by atoms with E-state index in [0.717, 1.165) is 15.7 Å². The van der Waals surface area contributed by atoms with Crippen LogP contribution in [0.4, 0.5) is 0 Å². The van der Waals surface area contributed by atoms with Crippen LogP contribution < -0.4 is 22.1 Å². The molecule has 0 radical (unpaired) electrons. The lowest BCUT2D eigenvalue weighted by Crippen LogP contribution is -2.42. The highest BCUT2D eigenvalue weighted by Gasteiger charge is 2.17. The summed E-state index contributed by atoms with van der Waals surface area (Å²) in [6, 6.07) is 19.4. The van der Waals surface area contributed by atoms with Crippen molar-refractivity contribution in [1.82, 2.24) is 30.4 Å². The third kappa shape index (κ3) is 4.11. The summed E-state index contributed by atoms with van der Waals surface area (Å²) in [4.78, 5) is 60.7. The Bertz CT molecular complexity index is 1790. The van der Waals surface area contributed by atoms with Gasteiger partial charge in [0, 0.05) is 18.0 Å². The number of H-pyrrole nitrogens is 1. The summed E-state index contributed by atoms with van der Waals surface area (Å²) in [6.07, 6.45) is 0. The molecule has 0 aliphatic rings. The Balaban J connectivity index is 1.44. The Kier molecular flexibility index (Phi) is 5.61.